The van der Waals surface area contributed by atoms with Crippen molar-refractivity contribution >= 4 is 17.6 Å². The van der Waals surface area contributed by atoms with Crippen LogP contribution in [0.15, 0.2) is 90.6 Å². The van der Waals surface area contributed by atoms with Crippen molar-refractivity contribution in [3.63, 3.8) is 0 Å². The second-order valence-electron chi connectivity index (χ2n) is 6.98. The zero-order chi connectivity index (χ0) is 20.7. The third-order valence-corrected chi connectivity index (χ3v) is 5.09. The molecule has 0 unspecified atom stereocenters. The summed E-state index contributed by atoms with van der Waals surface area (Å²) >= 11 is 0. The number of hydrogen-bond donors (Lipinski definition) is 0. The fourth-order valence-corrected chi connectivity index (χ4v) is 3.60. The number of benzene rings is 3. The molecule has 4 nitrogen and oxygen atoms in total. The highest BCUT2D eigenvalue weighted by Crippen LogP contribution is 2.31. The van der Waals surface area contributed by atoms with E-state index < -0.39 is 0 Å². The van der Waals surface area contributed by atoms with Gasteiger partial charge in [0.15, 0.2) is 11.6 Å². The minimum atomic E-state index is -0.349. The summed E-state index contributed by atoms with van der Waals surface area (Å²) in [5.41, 5.74) is 3.61. The van der Waals surface area contributed by atoms with E-state index in [-0.39, 0.29) is 23.0 Å². The van der Waals surface area contributed by atoms with Crippen LogP contribution in [0.4, 0.5) is 4.39 Å². The van der Waals surface area contributed by atoms with Crippen LogP contribution in [0.1, 0.15) is 26.3 Å². The van der Waals surface area contributed by atoms with E-state index in [2.05, 4.69) is 5.10 Å². The van der Waals surface area contributed by atoms with Crippen molar-refractivity contribution in [1.29, 1.82) is 0 Å². The van der Waals surface area contributed by atoms with Gasteiger partial charge in [-0.1, -0.05) is 42.5 Å². The van der Waals surface area contributed by atoms with Gasteiger partial charge in [0.25, 0.3) is 0 Å². The van der Waals surface area contributed by atoms with E-state index >= 15 is 0 Å². The van der Waals surface area contributed by atoms with E-state index in [1.54, 1.807) is 53.4 Å². The molecule has 0 amide bonds. The van der Waals surface area contributed by atoms with Gasteiger partial charge in [0.2, 0.25) is 0 Å². The zero-order valence-electron chi connectivity index (χ0n) is 15.7. The first kappa shape index (κ1) is 17.9. The van der Waals surface area contributed by atoms with E-state index in [9.17, 15) is 14.0 Å². The van der Waals surface area contributed by atoms with Gasteiger partial charge in [-0.05, 0) is 42.5 Å². The van der Waals surface area contributed by atoms with Crippen molar-refractivity contribution in [3.05, 3.63) is 113 Å². The Balaban J connectivity index is 1.67. The highest BCUT2D eigenvalue weighted by molar-refractivity contribution is 6.41. The van der Waals surface area contributed by atoms with Gasteiger partial charge < -0.3 is 0 Å². The molecule has 0 spiro atoms. The number of aromatic nitrogens is 2. The smallest absolute Gasteiger partial charge is 0.197 e. The van der Waals surface area contributed by atoms with Gasteiger partial charge in [0, 0.05) is 28.5 Å². The average Bonchev–Trinajstić information content (AvgIpc) is 3.31. The minimum absolute atomic E-state index is 0.104. The highest BCUT2D eigenvalue weighted by Gasteiger charge is 2.33. The van der Waals surface area contributed by atoms with Crippen molar-refractivity contribution < 1.29 is 14.0 Å². The molecule has 0 fully saturated rings. The molecule has 30 heavy (non-hydrogen) atoms. The number of allylic oxidation sites excluding steroid dienone is 1. The molecule has 1 aromatic heterocycles. The lowest BCUT2D eigenvalue weighted by molar-refractivity contribution is 0.0990. The predicted molar refractivity (Wildman–Crippen MR) is 112 cm³/mol. The van der Waals surface area contributed by atoms with Crippen molar-refractivity contribution in [2.24, 2.45) is 0 Å². The van der Waals surface area contributed by atoms with Gasteiger partial charge in [0.1, 0.15) is 5.82 Å². The molecule has 144 valence electrons. The normalized spacial score (nSPS) is 12.9. The Hall–Kier alpha value is -4.12. The molecule has 0 aliphatic heterocycles. The van der Waals surface area contributed by atoms with Crippen molar-refractivity contribution in [2.75, 3.05) is 0 Å². The van der Waals surface area contributed by atoms with Crippen LogP contribution in [0.3, 0.4) is 0 Å². The molecule has 0 saturated carbocycles. The van der Waals surface area contributed by atoms with Crippen LogP contribution in [-0.2, 0) is 0 Å². The molecule has 0 saturated heterocycles. The Kier molecular flexibility index (Phi) is 4.21. The van der Waals surface area contributed by atoms with Gasteiger partial charge in [0.05, 0.1) is 17.0 Å². The molecule has 0 atom stereocenters. The Morgan fingerprint density at radius 2 is 1.37 bits per heavy atom. The van der Waals surface area contributed by atoms with E-state index in [1.807, 2.05) is 30.3 Å². The molecule has 3 aromatic carbocycles. The molecule has 1 aliphatic carbocycles. The maximum atomic E-state index is 13.4. The fourth-order valence-electron chi connectivity index (χ4n) is 3.60. The van der Waals surface area contributed by atoms with E-state index in [4.69, 9.17) is 0 Å². The Bertz CT molecular complexity index is 1280. The van der Waals surface area contributed by atoms with E-state index in [1.165, 1.54) is 12.1 Å². The highest BCUT2D eigenvalue weighted by atomic mass is 19.1. The summed E-state index contributed by atoms with van der Waals surface area (Å²) in [5.74, 6) is -0.945. The van der Waals surface area contributed by atoms with E-state index in [0.717, 1.165) is 5.69 Å². The summed E-state index contributed by atoms with van der Waals surface area (Å²) in [7, 11) is 0. The Morgan fingerprint density at radius 3 is 2.00 bits per heavy atom. The van der Waals surface area contributed by atoms with Gasteiger partial charge >= 0.3 is 0 Å². The van der Waals surface area contributed by atoms with Crippen LogP contribution in [0.2, 0.25) is 0 Å². The Labute approximate surface area is 171 Å². The van der Waals surface area contributed by atoms with Crippen LogP contribution in [0.5, 0.6) is 0 Å². The molecule has 5 rings (SSSR count). The Morgan fingerprint density at radius 1 is 0.767 bits per heavy atom. The molecule has 0 bridgehead atoms. The summed E-state index contributed by atoms with van der Waals surface area (Å²) in [6.07, 6.45) is 3.35. The average molecular weight is 394 g/mol. The zero-order valence-corrected chi connectivity index (χ0v) is 15.7. The monoisotopic (exact) mass is 394 g/mol. The number of hydrogen-bond acceptors (Lipinski definition) is 3. The molecule has 5 heteroatoms. The largest absolute Gasteiger partial charge is 0.288 e. The summed E-state index contributed by atoms with van der Waals surface area (Å²) in [5, 5.41) is 4.65. The molecule has 4 aromatic rings. The predicted octanol–water partition coefficient (Wildman–Crippen LogP) is 5.14. The second-order valence-corrected chi connectivity index (χ2v) is 6.98. The summed E-state index contributed by atoms with van der Waals surface area (Å²) < 4.78 is 15.1. The lowest BCUT2D eigenvalue weighted by Gasteiger charge is -2.01. The van der Waals surface area contributed by atoms with Gasteiger partial charge in [-0.25, -0.2) is 9.07 Å². The summed E-state index contributed by atoms with van der Waals surface area (Å²) in [6.45, 7) is 0. The van der Waals surface area contributed by atoms with Crippen molar-refractivity contribution in [1.82, 2.24) is 9.78 Å². The first-order chi connectivity index (χ1) is 14.6. The summed E-state index contributed by atoms with van der Waals surface area (Å²) in [6, 6.07) is 22.3. The number of carbonyl (C=O) groups is 2. The lowest BCUT2D eigenvalue weighted by Crippen LogP contribution is -2.00. The van der Waals surface area contributed by atoms with Gasteiger partial charge in [-0.2, -0.15) is 5.10 Å². The second kappa shape index (κ2) is 7.04. The first-order valence-corrected chi connectivity index (χ1v) is 9.43. The number of para-hydroxylation sites is 1. The number of carbonyl (C=O) groups excluding carboxylic acids is 2. The minimum Gasteiger partial charge on any atom is -0.288 e. The number of nitrogens with zero attached hydrogens (tertiary/aromatic N) is 2. The van der Waals surface area contributed by atoms with Crippen molar-refractivity contribution in [3.8, 4) is 16.9 Å². The number of ketones is 2. The van der Waals surface area contributed by atoms with Crippen molar-refractivity contribution in [2.45, 2.75) is 0 Å². The third kappa shape index (κ3) is 2.97. The molecular weight excluding hydrogens is 379 g/mol. The molecule has 0 radical (unpaired) electrons. The van der Waals surface area contributed by atoms with Gasteiger partial charge in [-0.15, -0.1) is 0 Å². The van der Waals surface area contributed by atoms with Gasteiger partial charge in [-0.3, -0.25) is 9.59 Å². The first-order valence-electron chi connectivity index (χ1n) is 9.43. The van der Waals surface area contributed by atoms with Crippen LogP contribution >= 0.6 is 0 Å². The maximum absolute atomic E-state index is 13.4. The maximum Gasteiger partial charge on any atom is 0.197 e. The molecular formula is C25H15FN2O2. The van der Waals surface area contributed by atoms with Crippen LogP contribution in [-0.4, -0.2) is 21.3 Å². The topological polar surface area (TPSA) is 52.0 Å². The lowest BCUT2D eigenvalue weighted by atomic mass is 10.0. The SMILES string of the molecule is O=C1C(=Cc2cn(-c3ccccc3)nc2-c2ccc(F)cc2)C(=O)c2ccccc21. The summed E-state index contributed by atoms with van der Waals surface area (Å²) in [4.78, 5) is 25.6. The van der Waals surface area contributed by atoms with Crippen LogP contribution in [0, 0.1) is 5.82 Å². The third-order valence-electron chi connectivity index (χ3n) is 5.09. The van der Waals surface area contributed by atoms with Crippen LogP contribution < -0.4 is 0 Å². The molecule has 1 heterocycles. The number of rotatable bonds is 3. The fraction of sp³-hybridized carbons (Fsp3) is 0. The number of halogens is 1. The number of fused-ring (bicyclic) bond motifs is 1. The quantitative estimate of drug-likeness (QED) is 0.357. The van der Waals surface area contributed by atoms with E-state index in [0.29, 0.717) is 27.9 Å². The van der Waals surface area contributed by atoms with Crippen LogP contribution in [0.25, 0.3) is 23.0 Å². The number of Topliss-reactive ketones (excluding diaryl/α,β-unsaturated/α-hetero) is 2. The molecule has 0 N–H and O–H groups in total. The molecule has 1 aliphatic rings. The standard InChI is InChI=1S/C25H15FN2O2/c26-18-12-10-16(11-13-18)23-17(15-28(27-23)19-6-2-1-3-7-19)14-22-24(29)20-8-4-5-9-21(20)25(22)30/h1-15H.